The van der Waals surface area contributed by atoms with Gasteiger partial charge in [0.1, 0.15) is 0 Å². The molecule has 0 spiro atoms. The van der Waals surface area contributed by atoms with E-state index in [0.29, 0.717) is 6.54 Å². The van der Waals surface area contributed by atoms with E-state index in [2.05, 4.69) is 53.8 Å². The van der Waals surface area contributed by atoms with Gasteiger partial charge < -0.3 is 11.1 Å². The minimum absolute atomic E-state index is 0.694. The highest BCUT2D eigenvalue weighted by atomic mass is 14.8. The van der Waals surface area contributed by atoms with Crippen LogP contribution < -0.4 is 11.1 Å². The van der Waals surface area contributed by atoms with Gasteiger partial charge in [-0.3, -0.25) is 0 Å². The Labute approximate surface area is 102 Å². The largest absolute Gasteiger partial charge is 0.388 e. The molecule has 2 nitrogen and oxygen atoms in total. The third-order valence-electron chi connectivity index (χ3n) is 2.84. The minimum atomic E-state index is 0.694. The van der Waals surface area contributed by atoms with E-state index < -0.39 is 0 Å². The Morgan fingerprint density at radius 2 is 1.71 bits per heavy atom. The Balaban J connectivity index is 2.34. The molecule has 0 saturated heterocycles. The van der Waals surface area contributed by atoms with Crippen LogP contribution in [0.4, 0.5) is 5.69 Å². The van der Waals surface area contributed by atoms with Crippen molar-refractivity contribution in [2.75, 3.05) is 18.9 Å². The fraction of sp³-hybridized carbons (Fsp3) is 0.200. The second-order valence-corrected chi connectivity index (χ2v) is 4.07. The van der Waals surface area contributed by atoms with Crippen LogP contribution in [0.25, 0.3) is 11.1 Å². The summed E-state index contributed by atoms with van der Waals surface area (Å²) in [5.41, 5.74) is 10.5. The standard InChI is InChI=1S/C15H18N2/c1-17-15-7-3-6-14(11-15)13-5-2-4-12(10-13)8-9-16/h2-7,10-11,17H,8-9,16H2,1H3. The van der Waals surface area contributed by atoms with Crippen molar-refractivity contribution in [3.8, 4) is 11.1 Å². The number of rotatable bonds is 4. The summed E-state index contributed by atoms with van der Waals surface area (Å²) in [6.07, 6.45) is 0.930. The molecule has 2 aromatic carbocycles. The summed E-state index contributed by atoms with van der Waals surface area (Å²) in [4.78, 5) is 0. The van der Waals surface area contributed by atoms with Crippen molar-refractivity contribution < 1.29 is 0 Å². The third kappa shape index (κ3) is 2.86. The summed E-state index contributed by atoms with van der Waals surface area (Å²) in [6, 6.07) is 17.0. The summed E-state index contributed by atoms with van der Waals surface area (Å²) in [7, 11) is 1.93. The zero-order valence-corrected chi connectivity index (χ0v) is 10.1. The van der Waals surface area contributed by atoms with Crippen LogP contribution in [0.15, 0.2) is 48.5 Å². The first-order valence-corrected chi connectivity index (χ1v) is 5.90. The van der Waals surface area contributed by atoms with E-state index >= 15 is 0 Å². The molecule has 0 aliphatic carbocycles. The Hall–Kier alpha value is -1.80. The maximum atomic E-state index is 5.58. The zero-order chi connectivity index (χ0) is 12.1. The van der Waals surface area contributed by atoms with E-state index in [-0.39, 0.29) is 0 Å². The van der Waals surface area contributed by atoms with E-state index in [0.717, 1.165) is 12.1 Å². The molecule has 0 unspecified atom stereocenters. The second kappa shape index (κ2) is 5.51. The van der Waals surface area contributed by atoms with E-state index in [4.69, 9.17) is 5.73 Å². The van der Waals surface area contributed by atoms with Crippen molar-refractivity contribution in [3.63, 3.8) is 0 Å². The Kier molecular flexibility index (Phi) is 3.78. The number of nitrogens with two attached hydrogens (primary N) is 1. The fourth-order valence-electron chi connectivity index (χ4n) is 1.93. The lowest BCUT2D eigenvalue weighted by atomic mass is 10.0. The third-order valence-corrected chi connectivity index (χ3v) is 2.84. The Morgan fingerprint density at radius 1 is 1.00 bits per heavy atom. The predicted molar refractivity (Wildman–Crippen MR) is 74.2 cm³/mol. The number of hydrogen-bond donors (Lipinski definition) is 2. The zero-order valence-electron chi connectivity index (χ0n) is 10.1. The number of nitrogens with one attached hydrogen (secondary N) is 1. The maximum Gasteiger partial charge on any atom is 0.0343 e. The van der Waals surface area contributed by atoms with Crippen LogP contribution >= 0.6 is 0 Å². The van der Waals surface area contributed by atoms with Gasteiger partial charge in [0.2, 0.25) is 0 Å². The summed E-state index contributed by atoms with van der Waals surface area (Å²) in [5, 5.41) is 3.16. The van der Waals surface area contributed by atoms with Gasteiger partial charge in [0.05, 0.1) is 0 Å². The van der Waals surface area contributed by atoms with Gasteiger partial charge in [-0.15, -0.1) is 0 Å². The predicted octanol–water partition coefficient (Wildman–Crippen LogP) is 2.90. The number of anilines is 1. The quantitative estimate of drug-likeness (QED) is 0.841. The van der Waals surface area contributed by atoms with Crippen molar-refractivity contribution >= 4 is 5.69 Å². The average molecular weight is 226 g/mol. The maximum absolute atomic E-state index is 5.58. The topological polar surface area (TPSA) is 38.0 Å². The summed E-state index contributed by atoms with van der Waals surface area (Å²) < 4.78 is 0. The van der Waals surface area contributed by atoms with Crippen LogP contribution in [0.1, 0.15) is 5.56 Å². The summed E-state index contributed by atoms with van der Waals surface area (Å²) in [5.74, 6) is 0. The van der Waals surface area contributed by atoms with Gasteiger partial charge in [-0.1, -0.05) is 36.4 Å². The van der Waals surface area contributed by atoms with E-state index in [1.54, 1.807) is 0 Å². The Bertz CT molecular complexity index is 492. The molecule has 0 fully saturated rings. The lowest BCUT2D eigenvalue weighted by Crippen LogP contribution is -2.02. The molecule has 0 radical (unpaired) electrons. The average Bonchev–Trinajstić information content (AvgIpc) is 2.40. The van der Waals surface area contributed by atoms with Crippen LogP contribution in [-0.4, -0.2) is 13.6 Å². The van der Waals surface area contributed by atoms with Gasteiger partial charge in [-0.05, 0) is 41.8 Å². The molecule has 0 heterocycles. The lowest BCUT2D eigenvalue weighted by Gasteiger charge is -2.07. The number of benzene rings is 2. The molecule has 0 aromatic heterocycles. The highest BCUT2D eigenvalue weighted by Gasteiger charge is 2.00. The Morgan fingerprint density at radius 3 is 2.41 bits per heavy atom. The van der Waals surface area contributed by atoms with Gasteiger partial charge >= 0.3 is 0 Å². The first kappa shape index (κ1) is 11.7. The van der Waals surface area contributed by atoms with Crippen LogP contribution in [0.3, 0.4) is 0 Å². The molecule has 0 saturated carbocycles. The highest BCUT2D eigenvalue weighted by molar-refractivity contribution is 5.68. The molecule has 17 heavy (non-hydrogen) atoms. The molecule has 3 N–H and O–H groups in total. The van der Waals surface area contributed by atoms with Crippen molar-refractivity contribution in [1.82, 2.24) is 0 Å². The van der Waals surface area contributed by atoms with Gasteiger partial charge in [0.15, 0.2) is 0 Å². The van der Waals surface area contributed by atoms with E-state index in [1.807, 2.05) is 7.05 Å². The van der Waals surface area contributed by atoms with E-state index in [9.17, 15) is 0 Å². The van der Waals surface area contributed by atoms with Gasteiger partial charge in [-0.2, -0.15) is 0 Å². The summed E-state index contributed by atoms with van der Waals surface area (Å²) in [6.45, 7) is 0.694. The first-order valence-electron chi connectivity index (χ1n) is 5.90. The molecular formula is C15H18N2. The molecule has 0 amide bonds. The molecule has 88 valence electrons. The van der Waals surface area contributed by atoms with Crippen LogP contribution in [0, 0.1) is 0 Å². The van der Waals surface area contributed by atoms with Crippen molar-refractivity contribution in [2.24, 2.45) is 5.73 Å². The summed E-state index contributed by atoms with van der Waals surface area (Å²) >= 11 is 0. The molecule has 2 heteroatoms. The van der Waals surface area contributed by atoms with Crippen LogP contribution in [0.2, 0.25) is 0 Å². The lowest BCUT2D eigenvalue weighted by molar-refractivity contribution is 0.969. The molecule has 0 atom stereocenters. The van der Waals surface area contributed by atoms with Crippen molar-refractivity contribution in [3.05, 3.63) is 54.1 Å². The molecule has 0 bridgehead atoms. The van der Waals surface area contributed by atoms with E-state index in [1.165, 1.54) is 16.7 Å². The van der Waals surface area contributed by atoms with Gasteiger partial charge in [0, 0.05) is 12.7 Å². The highest BCUT2D eigenvalue weighted by Crippen LogP contribution is 2.23. The monoisotopic (exact) mass is 226 g/mol. The second-order valence-electron chi connectivity index (χ2n) is 4.07. The fourth-order valence-corrected chi connectivity index (χ4v) is 1.93. The molecule has 2 rings (SSSR count). The molecule has 0 aliphatic rings. The van der Waals surface area contributed by atoms with Crippen molar-refractivity contribution in [1.29, 1.82) is 0 Å². The minimum Gasteiger partial charge on any atom is -0.388 e. The smallest absolute Gasteiger partial charge is 0.0343 e. The van der Waals surface area contributed by atoms with Crippen LogP contribution in [0.5, 0.6) is 0 Å². The van der Waals surface area contributed by atoms with Crippen LogP contribution in [-0.2, 0) is 6.42 Å². The van der Waals surface area contributed by atoms with Gasteiger partial charge in [0.25, 0.3) is 0 Å². The van der Waals surface area contributed by atoms with Gasteiger partial charge in [-0.25, -0.2) is 0 Å². The SMILES string of the molecule is CNc1cccc(-c2cccc(CCN)c2)c1. The molecule has 0 aliphatic heterocycles. The normalized spacial score (nSPS) is 10.2. The molecular weight excluding hydrogens is 208 g/mol. The first-order chi connectivity index (χ1) is 8.33. The molecule has 2 aromatic rings. The van der Waals surface area contributed by atoms with Crippen molar-refractivity contribution in [2.45, 2.75) is 6.42 Å². The number of hydrogen-bond acceptors (Lipinski definition) is 2.